The minimum Gasteiger partial charge on any atom is -0.335 e. The van der Waals surface area contributed by atoms with Gasteiger partial charge in [0.2, 0.25) is 0 Å². The maximum atomic E-state index is 11.6. The quantitative estimate of drug-likeness (QED) is 0.852. The van der Waals surface area contributed by atoms with E-state index in [1.165, 1.54) is 28.2 Å². The first-order chi connectivity index (χ1) is 8.15. The highest BCUT2D eigenvalue weighted by molar-refractivity contribution is 7.12. The van der Waals surface area contributed by atoms with Gasteiger partial charge in [0.25, 0.3) is 0 Å². The Morgan fingerprint density at radius 3 is 2.71 bits per heavy atom. The molecule has 0 radical (unpaired) electrons. The molecule has 0 aliphatic heterocycles. The van der Waals surface area contributed by atoms with Gasteiger partial charge in [0, 0.05) is 15.8 Å². The molecule has 94 valence electrons. The highest BCUT2D eigenvalue weighted by Gasteiger charge is 2.16. The van der Waals surface area contributed by atoms with Gasteiger partial charge < -0.3 is 10.6 Å². The summed E-state index contributed by atoms with van der Waals surface area (Å²) in [5.41, 5.74) is 1.31. The van der Waals surface area contributed by atoms with Gasteiger partial charge in [0.05, 0.1) is 6.54 Å². The number of hydrogen-bond acceptors (Lipinski definition) is 2. The number of nitrogens with one attached hydrogen (secondary N) is 2. The molecule has 0 bridgehead atoms. The van der Waals surface area contributed by atoms with Crippen LogP contribution in [0.3, 0.4) is 0 Å². The van der Waals surface area contributed by atoms with Crippen molar-refractivity contribution in [1.82, 2.24) is 10.6 Å². The van der Waals surface area contributed by atoms with Gasteiger partial charge in [-0.1, -0.05) is 12.8 Å². The van der Waals surface area contributed by atoms with Crippen molar-refractivity contribution in [3.05, 3.63) is 21.4 Å². The summed E-state index contributed by atoms with van der Waals surface area (Å²) >= 11 is 1.76. The zero-order valence-electron chi connectivity index (χ0n) is 10.5. The monoisotopic (exact) mass is 252 g/mol. The Hall–Kier alpha value is -1.03. The van der Waals surface area contributed by atoms with Gasteiger partial charge >= 0.3 is 6.03 Å². The fourth-order valence-corrected chi connectivity index (χ4v) is 3.20. The predicted octanol–water partition coefficient (Wildman–Crippen LogP) is 3.11. The van der Waals surface area contributed by atoms with Crippen LogP contribution in [0.2, 0.25) is 0 Å². The molecule has 17 heavy (non-hydrogen) atoms. The Labute approximate surface area is 107 Å². The van der Waals surface area contributed by atoms with E-state index in [0.717, 1.165) is 12.8 Å². The van der Waals surface area contributed by atoms with Crippen LogP contribution in [0.5, 0.6) is 0 Å². The summed E-state index contributed by atoms with van der Waals surface area (Å²) < 4.78 is 0. The lowest BCUT2D eigenvalue weighted by molar-refractivity contribution is 0.237. The van der Waals surface area contributed by atoms with E-state index in [1.807, 2.05) is 0 Å². The number of thiophene rings is 1. The number of amides is 2. The molecular weight excluding hydrogens is 232 g/mol. The number of aryl methyl sites for hydroxylation is 2. The molecular formula is C13H20N2OS. The SMILES string of the molecule is Cc1cc(CNC(=O)NC2CCCC2)sc1C. The lowest BCUT2D eigenvalue weighted by Gasteiger charge is -2.12. The maximum absolute atomic E-state index is 11.6. The Kier molecular flexibility index (Phi) is 4.05. The van der Waals surface area contributed by atoms with Crippen LogP contribution in [-0.4, -0.2) is 12.1 Å². The first-order valence-electron chi connectivity index (χ1n) is 6.25. The second-order valence-corrected chi connectivity index (χ2v) is 6.10. The van der Waals surface area contributed by atoms with Crippen molar-refractivity contribution in [1.29, 1.82) is 0 Å². The summed E-state index contributed by atoms with van der Waals surface area (Å²) in [7, 11) is 0. The summed E-state index contributed by atoms with van der Waals surface area (Å²) in [4.78, 5) is 14.2. The normalized spacial score (nSPS) is 16.1. The number of hydrogen-bond donors (Lipinski definition) is 2. The fraction of sp³-hybridized carbons (Fsp3) is 0.615. The van der Waals surface area contributed by atoms with E-state index in [9.17, 15) is 4.79 Å². The zero-order valence-corrected chi connectivity index (χ0v) is 11.3. The summed E-state index contributed by atoms with van der Waals surface area (Å²) in [6.45, 7) is 4.86. The highest BCUT2D eigenvalue weighted by atomic mass is 32.1. The van der Waals surface area contributed by atoms with Gasteiger partial charge in [0.15, 0.2) is 0 Å². The lowest BCUT2D eigenvalue weighted by atomic mass is 10.2. The average molecular weight is 252 g/mol. The number of carbonyl (C=O) groups is 1. The van der Waals surface area contributed by atoms with Gasteiger partial charge in [-0.3, -0.25) is 0 Å². The van der Waals surface area contributed by atoms with Gasteiger partial charge in [-0.15, -0.1) is 11.3 Å². The van der Waals surface area contributed by atoms with Crippen molar-refractivity contribution in [2.24, 2.45) is 0 Å². The molecule has 0 spiro atoms. The van der Waals surface area contributed by atoms with E-state index < -0.39 is 0 Å². The molecule has 0 aromatic carbocycles. The minimum atomic E-state index is -0.0272. The predicted molar refractivity (Wildman–Crippen MR) is 71.4 cm³/mol. The molecule has 2 N–H and O–H groups in total. The van der Waals surface area contributed by atoms with Crippen molar-refractivity contribution in [2.75, 3.05) is 0 Å². The highest BCUT2D eigenvalue weighted by Crippen LogP contribution is 2.20. The molecule has 2 amide bonds. The summed E-state index contributed by atoms with van der Waals surface area (Å²) in [6, 6.07) is 2.51. The van der Waals surface area contributed by atoms with Crippen molar-refractivity contribution >= 4 is 17.4 Å². The van der Waals surface area contributed by atoms with Crippen molar-refractivity contribution < 1.29 is 4.79 Å². The van der Waals surface area contributed by atoms with E-state index in [-0.39, 0.29) is 6.03 Å². The topological polar surface area (TPSA) is 41.1 Å². The Morgan fingerprint density at radius 2 is 2.12 bits per heavy atom. The Bertz CT molecular complexity index is 375. The average Bonchev–Trinajstić information content (AvgIpc) is 2.87. The zero-order chi connectivity index (χ0) is 12.3. The third-order valence-electron chi connectivity index (χ3n) is 3.33. The molecule has 0 saturated heterocycles. The van der Waals surface area contributed by atoms with Crippen molar-refractivity contribution in [3.63, 3.8) is 0 Å². The van der Waals surface area contributed by atoms with E-state index in [0.29, 0.717) is 12.6 Å². The third kappa shape index (κ3) is 3.46. The molecule has 3 nitrogen and oxygen atoms in total. The van der Waals surface area contributed by atoms with Crippen molar-refractivity contribution in [2.45, 2.75) is 52.1 Å². The molecule has 1 aromatic heterocycles. The number of rotatable bonds is 3. The van der Waals surface area contributed by atoms with Gasteiger partial charge in [-0.05, 0) is 38.3 Å². The van der Waals surface area contributed by atoms with Crippen LogP contribution in [-0.2, 0) is 6.54 Å². The Morgan fingerprint density at radius 1 is 1.41 bits per heavy atom. The minimum absolute atomic E-state index is 0.0272. The molecule has 0 atom stereocenters. The van der Waals surface area contributed by atoms with Crippen LogP contribution in [0.1, 0.15) is 41.0 Å². The van der Waals surface area contributed by atoms with Crippen LogP contribution < -0.4 is 10.6 Å². The first-order valence-corrected chi connectivity index (χ1v) is 7.07. The summed E-state index contributed by atoms with van der Waals surface area (Å²) in [6.07, 6.45) is 4.75. The number of carbonyl (C=O) groups excluding carboxylic acids is 1. The van der Waals surface area contributed by atoms with E-state index in [4.69, 9.17) is 0 Å². The van der Waals surface area contributed by atoms with E-state index >= 15 is 0 Å². The molecule has 2 rings (SSSR count). The van der Waals surface area contributed by atoms with Gasteiger partial charge in [-0.25, -0.2) is 4.79 Å². The number of urea groups is 1. The summed E-state index contributed by atoms with van der Waals surface area (Å²) in [5.74, 6) is 0. The Balaban J connectivity index is 1.75. The molecule has 1 fully saturated rings. The molecule has 4 heteroatoms. The largest absolute Gasteiger partial charge is 0.335 e. The maximum Gasteiger partial charge on any atom is 0.315 e. The lowest BCUT2D eigenvalue weighted by Crippen LogP contribution is -2.40. The van der Waals surface area contributed by atoms with Gasteiger partial charge in [-0.2, -0.15) is 0 Å². The van der Waals surface area contributed by atoms with Gasteiger partial charge in [0.1, 0.15) is 0 Å². The van der Waals surface area contributed by atoms with Crippen LogP contribution in [0.4, 0.5) is 4.79 Å². The standard InChI is InChI=1S/C13H20N2OS/c1-9-7-12(17-10(9)2)8-14-13(16)15-11-5-3-4-6-11/h7,11H,3-6,8H2,1-2H3,(H2,14,15,16). The second-order valence-electron chi connectivity index (χ2n) is 4.76. The van der Waals surface area contributed by atoms with Crippen LogP contribution in [0.25, 0.3) is 0 Å². The van der Waals surface area contributed by atoms with E-state index in [1.54, 1.807) is 11.3 Å². The molecule has 1 heterocycles. The van der Waals surface area contributed by atoms with Crippen molar-refractivity contribution in [3.8, 4) is 0 Å². The summed E-state index contributed by atoms with van der Waals surface area (Å²) in [5, 5.41) is 5.95. The molecule has 0 unspecified atom stereocenters. The van der Waals surface area contributed by atoms with Crippen LogP contribution in [0.15, 0.2) is 6.07 Å². The van der Waals surface area contributed by atoms with E-state index in [2.05, 4.69) is 30.5 Å². The van der Waals surface area contributed by atoms with Crippen LogP contribution >= 0.6 is 11.3 Å². The molecule has 1 aromatic rings. The first kappa shape index (κ1) is 12.4. The molecule has 1 aliphatic rings. The smallest absolute Gasteiger partial charge is 0.315 e. The second kappa shape index (κ2) is 5.54. The third-order valence-corrected chi connectivity index (χ3v) is 4.48. The molecule has 1 aliphatic carbocycles. The fourth-order valence-electron chi connectivity index (χ4n) is 2.21. The molecule has 1 saturated carbocycles. The van der Waals surface area contributed by atoms with Crippen LogP contribution in [0, 0.1) is 13.8 Å².